The Hall–Kier alpha value is -0.840. The lowest BCUT2D eigenvalue weighted by Gasteiger charge is -2.08. The molecule has 0 aliphatic carbocycles. The number of aromatic nitrogens is 1. The van der Waals surface area contributed by atoms with E-state index in [1.165, 1.54) is 7.11 Å². The average Bonchev–Trinajstić information content (AvgIpc) is 2.11. The molecular formula is C8H9BrFNO2. The Morgan fingerprint density at radius 1 is 1.62 bits per heavy atom. The quantitative estimate of drug-likeness (QED) is 0.825. The Balaban J connectivity index is 3.11. The molecule has 0 spiro atoms. The van der Waals surface area contributed by atoms with Crippen LogP contribution in [0, 0.1) is 5.82 Å². The molecular weight excluding hydrogens is 241 g/mol. The molecule has 0 bridgehead atoms. The largest absolute Gasteiger partial charge is 0.492 e. The van der Waals surface area contributed by atoms with Gasteiger partial charge in [0.2, 0.25) is 5.88 Å². The van der Waals surface area contributed by atoms with Crippen LogP contribution in [0.4, 0.5) is 4.39 Å². The minimum Gasteiger partial charge on any atom is -0.492 e. The molecule has 5 heteroatoms. The Morgan fingerprint density at radius 3 is 2.85 bits per heavy atom. The Kier molecular flexibility index (Phi) is 3.48. The Morgan fingerprint density at radius 2 is 2.31 bits per heavy atom. The molecule has 0 radical (unpaired) electrons. The van der Waals surface area contributed by atoms with Gasteiger partial charge < -0.3 is 9.47 Å². The van der Waals surface area contributed by atoms with Gasteiger partial charge in [0.1, 0.15) is 4.47 Å². The van der Waals surface area contributed by atoms with Gasteiger partial charge in [0.25, 0.3) is 0 Å². The van der Waals surface area contributed by atoms with E-state index < -0.39 is 5.82 Å². The van der Waals surface area contributed by atoms with Crippen molar-refractivity contribution in [1.29, 1.82) is 0 Å². The van der Waals surface area contributed by atoms with Crippen LogP contribution in [0.2, 0.25) is 0 Å². The molecule has 0 aliphatic heterocycles. The van der Waals surface area contributed by atoms with E-state index in [4.69, 9.17) is 9.47 Å². The number of methoxy groups -OCH3 is 1. The molecule has 1 aromatic heterocycles. The molecule has 1 rings (SSSR count). The SMILES string of the molecule is CCOc1ncc(F)c(OC)c1Br. The van der Waals surface area contributed by atoms with Gasteiger partial charge in [-0.3, -0.25) is 0 Å². The second-order valence-corrected chi connectivity index (χ2v) is 2.98. The van der Waals surface area contributed by atoms with Crippen molar-refractivity contribution in [1.82, 2.24) is 4.98 Å². The van der Waals surface area contributed by atoms with Crippen LogP contribution in [-0.2, 0) is 0 Å². The summed E-state index contributed by atoms with van der Waals surface area (Å²) in [6, 6.07) is 0. The molecule has 0 aromatic carbocycles. The van der Waals surface area contributed by atoms with E-state index in [2.05, 4.69) is 20.9 Å². The Bertz CT molecular complexity index is 306. The van der Waals surface area contributed by atoms with E-state index in [0.29, 0.717) is 17.0 Å². The normalized spacial score (nSPS) is 9.85. The molecule has 3 nitrogen and oxygen atoms in total. The molecule has 0 fully saturated rings. The van der Waals surface area contributed by atoms with Gasteiger partial charge in [0, 0.05) is 0 Å². The van der Waals surface area contributed by atoms with Crippen LogP contribution in [0.1, 0.15) is 6.92 Å². The summed E-state index contributed by atoms with van der Waals surface area (Å²) in [6.45, 7) is 2.30. The molecule has 0 aliphatic rings. The van der Waals surface area contributed by atoms with Crippen LogP contribution < -0.4 is 9.47 Å². The highest BCUT2D eigenvalue weighted by atomic mass is 79.9. The summed E-state index contributed by atoms with van der Waals surface area (Å²) >= 11 is 3.14. The maximum atomic E-state index is 13.0. The lowest BCUT2D eigenvalue weighted by atomic mass is 10.4. The van der Waals surface area contributed by atoms with E-state index in [0.717, 1.165) is 6.20 Å². The number of rotatable bonds is 3. The van der Waals surface area contributed by atoms with Crippen LogP contribution in [0.5, 0.6) is 11.6 Å². The first-order valence-electron chi connectivity index (χ1n) is 3.71. The molecule has 1 heterocycles. The third kappa shape index (κ3) is 2.09. The van der Waals surface area contributed by atoms with Crippen molar-refractivity contribution in [3.05, 3.63) is 16.5 Å². The summed E-state index contributed by atoms with van der Waals surface area (Å²) in [5.41, 5.74) is 0. The van der Waals surface area contributed by atoms with E-state index in [9.17, 15) is 4.39 Å². The number of ether oxygens (including phenoxy) is 2. The van der Waals surface area contributed by atoms with E-state index in [-0.39, 0.29) is 5.75 Å². The zero-order valence-electron chi connectivity index (χ0n) is 7.30. The standard InChI is InChI=1S/C8H9BrFNO2/c1-3-13-8-6(9)7(12-2)5(10)4-11-8/h4H,3H2,1-2H3. The summed E-state index contributed by atoms with van der Waals surface area (Å²) in [6.07, 6.45) is 1.06. The van der Waals surface area contributed by atoms with Crippen LogP contribution in [0.25, 0.3) is 0 Å². The fraction of sp³-hybridized carbons (Fsp3) is 0.375. The fourth-order valence-electron chi connectivity index (χ4n) is 0.857. The van der Waals surface area contributed by atoms with Crippen LogP contribution in [0.15, 0.2) is 10.7 Å². The molecule has 72 valence electrons. The van der Waals surface area contributed by atoms with Crippen molar-refractivity contribution in [3.8, 4) is 11.6 Å². The number of pyridine rings is 1. The summed E-state index contributed by atoms with van der Waals surface area (Å²) in [5, 5.41) is 0. The number of nitrogens with zero attached hydrogens (tertiary/aromatic N) is 1. The number of hydrogen-bond acceptors (Lipinski definition) is 3. The fourth-order valence-corrected chi connectivity index (χ4v) is 1.43. The Labute approximate surface area is 84.0 Å². The highest BCUT2D eigenvalue weighted by Gasteiger charge is 2.13. The second-order valence-electron chi connectivity index (χ2n) is 2.19. The topological polar surface area (TPSA) is 31.4 Å². The van der Waals surface area contributed by atoms with E-state index >= 15 is 0 Å². The van der Waals surface area contributed by atoms with Crippen molar-refractivity contribution in [2.45, 2.75) is 6.92 Å². The third-order valence-corrected chi connectivity index (χ3v) is 2.08. The first kappa shape index (κ1) is 10.2. The zero-order chi connectivity index (χ0) is 9.84. The summed E-state index contributed by atoms with van der Waals surface area (Å²) < 4.78 is 23.3. The van der Waals surface area contributed by atoms with Crippen molar-refractivity contribution >= 4 is 15.9 Å². The minimum atomic E-state index is -0.516. The summed E-state index contributed by atoms with van der Waals surface area (Å²) in [5.74, 6) is -0.0722. The molecule has 0 unspecified atom stereocenters. The first-order valence-corrected chi connectivity index (χ1v) is 4.50. The summed E-state index contributed by atoms with van der Waals surface area (Å²) in [4.78, 5) is 3.75. The van der Waals surface area contributed by atoms with Crippen LogP contribution in [0.3, 0.4) is 0 Å². The molecule has 0 saturated carbocycles. The predicted octanol–water partition coefficient (Wildman–Crippen LogP) is 2.39. The van der Waals surface area contributed by atoms with E-state index in [1.54, 1.807) is 0 Å². The molecule has 0 N–H and O–H groups in total. The molecule has 1 aromatic rings. The zero-order valence-corrected chi connectivity index (χ0v) is 8.89. The van der Waals surface area contributed by atoms with Crippen molar-refractivity contribution in [2.24, 2.45) is 0 Å². The second kappa shape index (κ2) is 4.41. The van der Waals surface area contributed by atoms with Crippen LogP contribution >= 0.6 is 15.9 Å². The molecule has 0 atom stereocenters. The van der Waals surface area contributed by atoms with Gasteiger partial charge in [0.05, 0.1) is 19.9 Å². The van der Waals surface area contributed by atoms with Gasteiger partial charge in [-0.1, -0.05) is 0 Å². The van der Waals surface area contributed by atoms with Gasteiger partial charge in [-0.05, 0) is 22.9 Å². The predicted molar refractivity (Wildman–Crippen MR) is 49.6 cm³/mol. The monoisotopic (exact) mass is 249 g/mol. The first-order chi connectivity index (χ1) is 6.20. The minimum absolute atomic E-state index is 0.110. The molecule has 0 amide bonds. The van der Waals surface area contributed by atoms with Crippen molar-refractivity contribution < 1.29 is 13.9 Å². The molecule has 0 saturated heterocycles. The van der Waals surface area contributed by atoms with Gasteiger partial charge in [0.15, 0.2) is 11.6 Å². The molecule has 13 heavy (non-hydrogen) atoms. The maximum absolute atomic E-state index is 13.0. The summed E-state index contributed by atoms with van der Waals surface area (Å²) in [7, 11) is 1.39. The average molecular weight is 250 g/mol. The lowest BCUT2D eigenvalue weighted by Crippen LogP contribution is -1.98. The van der Waals surface area contributed by atoms with Gasteiger partial charge in [-0.25, -0.2) is 9.37 Å². The van der Waals surface area contributed by atoms with Crippen molar-refractivity contribution in [2.75, 3.05) is 13.7 Å². The number of hydrogen-bond donors (Lipinski definition) is 0. The highest BCUT2D eigenvalue weighted by Crippen LogP contribution is 2.34. The number of halogens is 2. The smallest absolute Gasteiger partial charge is 0.232 e. The third-order valence-electron chi connectivity index (χ3n) is 1.38. The van der Waals surface area contributed by atoms with Crippen LogP contribution in [-0.4, -0.2) is 18.7 Å². The van der Waals surface area contributed by atoms with Gasteiger partial charge in [-0.15, -0.1) is 0 Å². The lowest BCUT2D eigenvalue weighted by molar-refractivity contribution is 0.314. The maximum Gasteiger partial charge on any atom is 0.232 e. The highest BCUT2D eigenvalue weighted by molar-refractivity contribution is 9.10. The van der Waals surface area contributed by atoms with Crippen molar-refractivity contribution in [3.63, 3.8) is 0 Å². The van der Waals surface area contributed by atoms with Gasteiger partial charge in [-0.2, -0.15) is 0 Å². The van der Waals surface area contributed by atoms with E-state index in [1.807, 2.05) is 6.92 Å². The van der Waals surface area contributed by atoms with Gasteiger partial charge >= 0.3 is 0 Å².